The lowest BCUT2D eigenvalue weighted by atomic mass is 9.57. The summed E-state index contributed by atoms with van der Waals surface area (Å²) >= 11 is 0. The maximum Gasteiger partial charge on any atom is 0.339 e. The van der Waals surface area contributed by atoms with Crippen LogP contribution in [0.2, 0.25) is 0 Å². The Morgan fingerprint density at radius 3 is 2.42 bits per heavy atom. The molecule has 0 saturated heterocycles. The molecule has 0 spiro atoms. The van der Waals surface area contributed by atoms with Crippen molar-refractivity contribution < 1.29 is 24.9 Å². The molecule has 5 nitrogen and oxygen atoms in total. The molecular weight excluding hydrogens is 392 g/mol. The second-order valence-corrected chi connectivity index (χ2v) is 9.10. The Hall–Kier alpha value is -2.27. The summed E-state index contributed by atoms with van der Waals surface area (Å²) in [4.78, 5) is 12.0. The maximum atomic E-state index is 12.0. The van der Waals surface area contributed by atoms with Crippen molar-refractivity contribution in [1.29, 1.82) is 0 Å². The van der Waals surface area contributed by atoms with Crippen LogP contribution in [0.4, 0.5) is 0 Å². The van der Waals surface area contributed by atoms with Gasteiger partial charge in [-0.2, -0.15) is 0 Å². The van der Waals surface area contributed by atoms with Crippen LogP contribution in [0.1, 0.15) is 93.6 Å². The molecule has 1 aromatic rings. The molecule has 5 heteroatoms. The molecule has 0 unspecified atom stereocenters. The normalized spacial score (nSPS) is 28.5. The number of carbonyl (C=O) groups is 1. The van der Waals surface area contributed by atoms with Gasteiger partial charge in [-0.1, -0.05) is 45.8 Å². The number of allylic oxidation sites excluding steroid dienone is 1. The number of aromatic carboxylic acids is 1. The zero-order valence-electron chi connectivity index (χ0n) is 19.5. The van der Waals surface area contributed by atoms with Crippen LogP contribution in [0.5, 0.6) is 11.5 Å². The summed E-state index contributed by atoms with van der Waals surface area (Å²) in [6.45, 7) is 18.2. The molecule has 0 amide bonds. The SMILES string of the molecule is C=C.C=C(C)[C@]1(C)CC[C@@](O)(CC)[C@H]2Oc3cc(CCCCC)c(C(=O)O)c(O)c3[C@H]21. The number of ether oxygens (including phenoxy) is 1. The number of carboxylic acid groups (broad SMARTS) is 1. The third-order valence-electron chi connectivity index (χ3n) is 7.40. The fourth-order valence-electron chi connectivity index (χ4n) is 5.17. The third-order valence-corrected chi connectivity index (χ3v) is 7.40. The first-order valence-corrected chi connectivity index (χ1v) is 11.3. The van der Waals surface area contributed by atoms with E-state index < -0.39 is 23.1 Å². The minimum absolute atomic E-state index is 0.0289. The van der Waals surface area contributed by atoms with E-state index in [1.807, 2.05) is 13.8 Å². The van der Waals surface area contributed by atoms with Crippen molar-refractivity contribution in [1.82, 2.24) is 0 Å². The van der Waals surface area contributed by atoms with Crippen molar-refractivity contribution in [2.24, 2.45) is 5.41 Å². The summed E-state index contributed by atoms with van der Waals surface area (Å²) in [7, 11) is 0. The number of carboxylic acids is 1. The van der Waals surface area contributed by atoms with Crippen LogP contribution in [-0.4, -0.2) is 33.0 Å². The van der Waals surface area contributed by atoms with Crippen LogP contribution in [0.15, 0.2) is 31.4 Å². The molecule has 1 saturated carbocycles. The first-order valence-electron chi connectivity index (χ1n) is 11.3. The fraction of sp³-hybridized carbons (Fsp3) is 0.577. The lowest BCUT2D eigenvalue weighted by Gasteiger charge is -2.50. The quantitative estimate of drug-likeness (QED) is 0.365. The number of aryl methyl sites for hydroxylation is 1. The summed E-state index contributed by atoms with van der Waals surface area (Å²) < 4.78 is 6.28. The van der Waals surface area contributed by atoms with E-state index in [4.69, 9.17) is 4.74 Å². The van der Waals surface area contributed by atoms with Crippen molar-refractivity contribution >= 4 is 5.97 Å². The van der Waals surface area contributed by atoms with Gasteiger partial charge in [-0.15, -0.1) is 13.2 Å². The van der Waals surface area contributed by atoms with Crippen LogP contribution in [-0.2, 0) is 6.42 Å². The highest BCUT2D eigenvalue weighted by Crippen LogP contribution is 2.62. The zero-order valence-corrected chi connectivity index (χ0v) is 19.5. The highest BCUT2D eigenvalue weighted by molar-refractivity contribution is 5.94. The van der Waals surface area contributed by atoms with Gasteiger partial charge in [0.05, 0.1) is 0 Å². The Bertz CT molecular complexity index is 845. The molecule has 2 aliphatic rings. The average Bonchev–Trinajstić information content (AvgIpc) is 3.14. The molecule has 172 valence electrons. The number of aromatic hydroxyl groups is 1. The van der Waals surface area contributed by atoms with E-state index in [1.165, 1.54) is 0 Å². The van der Waals surface area contributed by atoms with E-state index in [0.717, 1.165) is 24.8 Å². The molecule has 31 heavy (non-hydrogen) atoms. The smallest absolute Gasteiger partial charge is 0.339 e. The largest absolute Gasteiger partial charge is 0.507 e. The van der Waals surface area contributed by atoms with E-state index in [0.29, 0.717) is 42.6 Å². The summed E-state index contributed by atoms with van der Waals surface area (Å²) in [5, 5.41) is 32.3. The summed E-state index contributed by atoms with van der Waals surface area (Å²) in [5.41, 5.74) is 0.622. The zero-order chi connectivity index (χ0) is 23.6. The fourth-order valence-corrected chi connectivity index (χ4v) is 5.17. The van der Waals surface area contributed by atoms with Gasteiger partial charge in [0.1, 0.15) is 28.8 Å². The van der Waals surface area contributed by atoms with Gasteiger partial charge in [0.2, 0.25) is 0 Å². The van der Waals surface area contributed by atoms with E-state index in [1.54, 1.807) is 6.07 Å². The molecule has 0 aromatic heterocycles. The lowest BCUT2D eigenvalue weighted by molar-refractivity contribution is -0.113. The molecular formula is C26H38O5. The summed E-state index contributed by atoms with van der Waals surface area (Å²) in [6.07, 6.45) is 4.73. The predicted octanol–water partition coefficient (Wildman–Crippen LogP) is 5.99. The summed E-state index contributed by atoms with van der Waals surface area (Å²) in [6, 6.07) is 1.78. The van der Waals surface area contributed by atoms with Crippen LogP contribution in [0, 0.1) is 5.41 Å². The highest BCUT2D eigenvalue weighted by Gasteiger charge is 2.59. The topological polar surface area (TPSA) is 87.0 Å². The number of benzene rings is 1. The Balaban J connectivity index is 0.00000166. The minimum Gasteiger partial charge on any atom is -0.507 e. The molecule has 1 aliphatic heterocycles. The van der Waals surface area contributed by atoms with Crippen LogP contribution in [0.3, 0.4) is 0 Å². The van der Waals surface area contributed by atoms with Crippen LogP contribution in [0.25, 0.3) is 0 Å². The van der Waals surface area contributed by atoms with Gasteiger partial charge >= 0.3 is 5.97 Å². The highest BCUT2D eigenvalue weighted by atomic mass is 16.5. The van der Waals surface area contributed by atoms with Crippen molar-refractivity contribution in [3.63, 3.8) is 0 Å². The van der Waals surface area contributed by atoms with Crippen LogP contribution >= 0.6 is 0 Å². The Morgan fingerprint density at radius 2 is 1.90 bits per heavy atom. The molecule has 0 radical (unpaired) electrons. The molecule has 3 rings (SSSR count). The number of unbranched alkanes of at least 4 members (excludes halogenated alkanes) is 2. The molecule has 1 fully saturated rings. The van der Waals surface area contributed by atoms with E-state index in [-0.39, 0.29) is 17.2 Å². The predicted molar refractivity (Wildman–Crippen MR) is 124 cm³/mol. The Kier molecular flexibility index (Phi) is 7.64. The Labute approximate surface area is 186 Å². The van der Waals surface area contributed by atoms with Gasteiger partial charge in [-0.05, 0) is 56.1 Å². The van der Waals surface area contributed by atoms with E-state index >= 15 is 0 Å². The first-order chi connectivity index (χ1) is 14.6. The van der Waals surface area contributed by atoms with Gasteiger partial charge in [-0.3, -0.25) is 0 Å². The number of fused-ring (bicyclic) bond motifs is 3. The Morgan fingerprint density at radius 1 is 1.26 bits per heavy atom. The van der Waals surface area contributed by atoms with Crippen molar-refractivity contribution in [3.8, 4) is 11.5 Å². The summed E-state index contributed by atoms with van der Waals surface area (Å²) in [5.74, 6) is -1.16. The van der Waals surface area contributed by atoms with Crippen molar-refractivity contribution in [2.75, 3.05) is 0 Å². The van der Waals surface area contributed by atoms with Gasteiger partial charge < -0.3 is 20.1 Å². The van der Waals surface area contributed by atoms with E-state index in [9.17, 15) is 20.1 Å². The average molecular weight is 431 g/mol. The number of aliphatic hydroxyl groups is 1. The van der Waals surface area contributed by atoms with Gasteiger partial charge in [0.25, 0.3) is 0 Å². The van der Waals surface area contributed by atoms with Crippen LogP contribution < -0.4 is 4.74 Å². The molecule has 1 heterocycles. The van der Waals surface area contributed by atoms with Gasteiger partial charge in [0.15, 0.2) is 0 Å². The molecule has 0 bridgehead atoms. The standard InChI is InChI=1S/C24H34O5.C2H4/c1-6-8-9-10-15-13-16-18(20(25)17(15)22(26)27)19-21(29-16)24(28,7-2)12-11-23(19,5)14(3)4;1-2/h13,19,21,25,28H,3,6-12H2,1-2,4-5H3,(H,26,27);1-2H2/t19-,21+,23+,24+;/m1./s1. The maximum absolute atomic E-state index is 12.0. The molecule has 3 N–H and O–H groups in total. The number of hydrogen-bond donors (Lipinski definition) is 3. The minimum atomic E-state index is -1.13. The van der Waals surface area contributed by atoms with Crippen molar-refractivity contribution in [2.45, 2.75) is 90.3 Å². The molecule has 1 aliphatic carbocycles. The van der Waals surface area contributed by atoms with Gasteiger partial charge in [-0.25, -0.2) is 4.79 Å². The second kappa shape index (κ2) is 9.47. The molecule has 1 aromatic carbocycles. The number of hydrogen-bond acceptors (Lipinski definition) is 4. The van der Waals surface area contributed by atoms with Gasteiger partial charge in [0, 0.05) is 11.5 Å². The monoisotopic (exact) mass is 430 g/mol. The number of phenols is 1. The van der Waals surface area contributed by atoms with Crippen molar-refractivity contribution in [3.05, 3.63) is 48.1 Å². The molecule has 4 atom stereocenters. The lowest BCUT2D eigenvalue weighted by Crippen LogP contribution is -2.55. The first kappa shape index (κ1) is 25.0. The van der Waals surface area contributed by atoms with E-state index in [2.05, 4.69) is 33.6 Å². The second-order valence-electron chi connectivity index (χ2n) is 9.10. The number of rotatable bonds is 7. The third kappa shape index (κ3) is 4.12.